The second kappa shape index (κ2) is 5.48. The molecule has 0 aliphatic rings. The van der Waals surface area contributed by atoms with Crippen LogP contribution in [0.5, 0.6) is 0 Å². The van der Waals surface area contributed by atoms with Crippen molar-refractivity contribution in [2.45, 2.75) is 25.3 Å². The predicted octanol–water partition coefficient (Wildman–Crippen LogP) is 2.17. The van der Waals surface area contributed by atoms with Gasteiger partial charge in [-0.2, -0.15) is 0 Å². The maximum atomic E-state index is 10.5. The highest BCUT2D eigenvalue weighted by Gasteiger charge is 2.08. The number of halogens is 1. The van der Waals surface area contributed by atoms with E-state index < -0.39 is 0 Å². The number of primary amides is 1. The molecular formula is C9H13BrN2OS. The fourth-order valence-electron chi connectivity index (χ4n) is 1.17. The van der Waals surface area contributed by atoms with Crippen molar-refractivity contribution in [1.82, 2.24) is 0 Å². The molecule has 0 bridgehead atoms. The zero-order chi connectivity index (χ0) is 10.6. The van der Waals surface area contributed by atoms with E-state index in [2.05, 4.69) is 15.9 Å². The largest absolute Gasteiger partial charge is 0.370 e. The van der Waals surface area contributed by atoms with Crippen molar-refractivity contribution in [2.75, 3.05) is 0 Å². The molecule has 0 aliphatic heterocycles. The minimum Gasteiger partial charge on any atom is -0.370 e. The first-order valence-corrected chi connectivity index (χ1v) is 5.99. The third kappa shape index (κ3) is 3.77. The minimum absolute atomic E-state index is 0.0191. The van der Waals surface area contributed by atoms with E-state index in [0.717, 1.165) is 21.5 Å². The average Bonchev–Trinajstić information content (AvgIpc) is 2.51. The molecule has 4 N–H and O–H groups in total. The zero-order valence-corrected chi connectivity index (χ0v) is 10.1. The smallest absolute Gasteiger partial charge is 0.217 e. The van der Waals surface area contributed by atoms with Crippen LogP contribution < -0.4 is 11.5 Å². The number of carbonyl (C=O) groups is 1. The predicted molar refractivity (Wildman–Crippen MR) is 62.0 cm³/mol. The van der Waals surface area contributed by atoms with E-state index in [0.29, 0.717) is 6.42 Å². The van der Waals surface area contributed by atoms with Crippen LogP contribution in [-0.4, -0.2) is 5.91 Å². The number of amides is 1. The lowest BCUT2D eigenvalue weighted by Crippen LogP contribution is -2.13. The van der Waals surface area contributed by atoms with Crippen LogP contribution in [-0.2, 0) is 4.79 Å². The van der Waals surface area contributed by atoms with Crippen molar-refractivity contribution in [2.24, 2.45) is 11.5 Å². The SMILES string of the molecule is NC(=O)CCCC(N)c1ccc(Br)s1. The first-order chi connectivity index (χ1) is 6.59. The standard InChI is InChI=1S/C9H13BrN2OS/c10-8-5-4-7(14-8)6(11)2-1-3-9(12)13/h4-6H,1-3,11H2,(H2,12,13). The Balaban J connectivity index is 2.35. The summed E-state index contributed by atoms with van der Waals surface area (Å²) in [5.74, 6) is -0.260. The van der Waals surface area contributed by atoms with E-state index in [4.69, 9.17) is 11.5 Å². The van der Waals surface area contributed by atoms with Crippen LogP contribution in [0.4, 0.5) is 0 Å². The first kappa shape index (κ1) is 11.7. The summed E-state index contributed by atoms with van der Waals surface area (Å²) in [6, 6.07) is 4.00. The maximum absolute atomic E-state index is 10.5. The monoisotopic (exact) mass is 276 g/mol. The van der Waals surface area contributed by atoms with Crippen molar-refractivity contribution >= 4 is 33.2 Å². The van der Waals surface area contributed by atoms with Gasteiger partial charge in [0.25, 0.3) is 0 Å². The van der Waals surface area contributed by atoms with E-state index in [1.54, 1.807) is 11.3 Å². The summed E-state index contributed by atoms with van der Waals surface area (Å²) in [6.45, 7) is 0. The zero-order valence-electron chi connectivity index (χ0n) is 7.70. The number of hydrogen-bond acceptors (Lipinski definition) is 3. The Labute approximate surface area is 95.6 Å². The van der Waals surface area contributed by atoms with Gasteiger partial charge in [-0.05, 0) is 40.9 Å². The third-order valence-electron chi connectivity index (χ3n) is 1.90. The Kier molecular flexibility index (Phi) is 4.57. The van der Waals surface area contributed by atoms with Crippen LogP contribution in [0.2, 0.25) is 0 Å². The number of nitrogens with two attached hydrogens (primary N) is 2. The number of thiophene rings is 1. The topological polar surface area (TPSA) is 69.1 Å². The summed E-state index contributed by atoms with van der Waals surface area (Å²) in [5.41, 5.74) is 11.0. The van der Waals surface area contributed by atoms with Crippen LogP contribution >= 0.6 is 27.3 Å². The van der Waals surface area contributed by atoms with Crippen molar-refractivity contribution in [1.29, 1.82) is 0 Å². The van der Waals surface area contributed by atoms with Gasteiger partial charge in [0.1, 0.15) is 0 Å². The van der Waals surface area contributed by atoms with Crippen LogP contribution in [0.3, 0.4) is 0 Å². The highest BCUT2D eigenvalue weighted by molar-refractivity contribution is 9.11. The van der Waals surface area contributed by atoms with Gasteiger partial charge >= 0.3 is 0 Å². The van der Waals surface area contributed by atoms with Crippen molar-refractivity contribution < 1.29 is 4.79 Å². The lowest BCUT2D eigenvalue weighted by atomic mass is 10.1. The number of carbonyl (C=O) groups excluding carboxylic acids is 1. The molecule has 0 spiro atoms. The summed E-state index contributed by atoms with van der Waals surface area (Å²) in [6.07, 6.45) is 1.97. The van der Waals surface area contributed by atoms with E-state index in [-0.39, 0.29) is 11.9 Å². The van der Waals surface area contributed by atoms with Crippen LogP contribution in [0.1, 0.15) is 30.2 Å². The van der Waals surface area contributed by atoms with Gasteiger partial charge in [-0.3, -0.25) is 4.79 Å². The minimum atomic E-state index is -0.260. The van der Waals surface area contributed by atoms with Gasteiger partial charge in [0.15, 0.2) is 0 Å². The van der Waals surface area contributed by atoms with Gasteiger partial charge in [-0.1, -0.05) is 0 Å². The molecule has 78 valence electrons. The molecule has 1 aromatic heterocycles. The van der Waals surface area contributed by atoms with Crippen LogP contribution in [0.15, 0.2) is 15.9 Å². The second-order valence-corrected chi connectivity index (χ2v) is 5.60. The molecule has 0 aromatic carbocycles. The molecule has 0 aliphatic carbocycles. The molecule has 3 nitrogen and oxygen atoms in total. The quantitative estimate of drug-likeness (QED) is 0.866. The van der Waals surface area contributed by atoms with Crippen molar-refractivity contribution in [3.8, 4) is 0 Å². The Hall–Kier alpha value is -0.390. The summed E-state index contributed by atoms with van der Waals surface area (Å²) in [5, 5.41) is 0. The molecule has 1 aromatic rings. The average molecular weight is 277 g/mol. The molecule has 1 unspecified atom stereocenters. The molecule has 1 heterocycles. The normalized spacial score (nSPS) is 12.7. The van der Waals surface area contributed by atoms with E-state index >= 15 is 0 Å². The molecule has 1 amide bonds. The Morgan fingerprint density at radius 2 is 2.29 bits per heavy atom. The molecule has 5 heteroatoms. The molecule has 1 atom stereocenters. The molecule has 0 radical (unpaired) electrons. The van der Waals surface area contributed by atoms with Gasteiger partial charge in [0, 0.05) is 17.3 Å². The molecule has 0 saturated heterocycles. The summed E-state index contributed by atoms with van der Waals surface area (Å²) < 4.78 is 1.08. The molecular weight excluding hydrogens is 264 g/mol. The number of hydrogen-bond donors (Lipinski definition) is 2. The van der Waals surface area contributed by atoms with E-state index in [9.17, 15) is 4.79 Å². The maximum Gasteiger partial charge on any atom is 0.217 e. The summed E-state index contributed by atoms with van der Waals surface area (Å²) in [7, 11) is 0. The Morgan fingerprint density at radius 3 is 2.79 bits per heavy atom. The first-order valence-electron chi connectivity index (χ1n) is 4.38. The number of rotatable bonds is 5. The van der Waals surface area contributed by atoms with E-state index in [1.807, 2.05) is 12.1 Å². The van der Waals surface area contributed by atoms with Crippen LogP contribution in [0.25, 0.3) is 0 Å². The lowest BCUT2D eigenvalue weighted by molar-refractivity contribution is -0.118. The highest BCUT2D eigenvalue weighted by Crippen LogP contribution is 2.28. The Morgan fingerprint density at radius 1 is 1.57 bits per heavy atom. The Bertz CT molecular complexity index is 314. The third-order valence-corrected chi connectivity index (χ3v) is 3.65. The fourth-order valence-corrected chi connectivity index (χ4v) is 2.63. The highest BCUT2D eigenvalue weighted by atomic mass is 79.9. The molecule has 14 heavy (non-hydrogen) atoms. The van der Waals surface area contributed by atoms with Gasteiger partial charge in [0.2, 0.25) is 5.91 Å². The fraction of sp³-hybridized carbons (Fsp3) is 0.444. The van der Waals surface area contributed by atoms with Crippen molar-refractivity contribution in [3.05, 3.63) is 20.8 Å². The van der Waals surface area contributed by atoms with E-state index in [1.165, 1.54) is 0 Å². The molecule has 1 rings (SSSR count). The van der Waals surface area contributed by atoms with Gasteiger partial charge in [-0.15, -0.1) is 11.3 Å². The molecule has 0 saturated carbocycles. The van der Waals surface area contributed by atoms with Gasteiger partial charge in [-0.25, -0.2) is 0 Å². The van der Waals surface area contributed by atoms with Crippen molar-refractivity contribution in [3.63, 3.8) is 0 Å². The molecule has 0 fully saturated rings. The lowest BCUT2D eigenvalue weighted by Gasteiger charge is -2.07. The van der Waals surface area contributed by atoms with Crippen LogP contribution in [0, 0.1) is 0 Å². The summed E-state index contributed by atoms with van der Waals surface area (Å²) >= 11 is 5.01. The summed E-state index contributed by atoms with van der Waals surface area (Å²) in [4.78, 5) is 11.6. The van der Waals surface area contributed by atoms with Gasteiger partial charge < -0.3 is 11.5 Å². The van der Waals surface area contributed by atoms with Gasteiger partial charge in [0.05, 0.1) is 3.79 Å². The second-order valence-electron chi connectivity index (χ2n) is 3.11.